The second-order valence-corrected chi connectivity index (χ2v) is 10.4. The summed E-state index contributed by atoms with van der Waals surface area (Å²) in [6, 6.07) is 9.20. The van der Waals surface area contributed by atoms with Gasteiger partial charge in [-0.3, -0.25) is 9.57 Å². The molecular formula is C20H21Cl2F3N2O3S. The Kier molecular flexibility index (Phi) is 8.38. The number of nitrogens with one attached hydrogen (secondary N) is 1. The third-order valence-corrected chi connectivity index (χ3v) is 6.94. The number of carboxylic acid groups (broad SMARTS) is 1. The van der Waals surface area contributed by atoms with Crippen LogP contribution in [-0.4, -0.2) is 39.0 Å². The summed E-state index contributed by atoms with van der Waals surface area (Å²) in [7, 11) is -3.41. The van der Waals surface area contributed by atoms with E-state index in [0.717, 1.165) is 0 Å². The number of rotatable bonds is 9. The van der Waals surface area contributed by atoms with E-state index >= 15 is 0 Å². The molecule has 2 unspecified atom stereocenters. The molecule has 2 aromatic rings. The van der Waals surface area contributed by atoms with E-state index in [1.807, 2.05) is 0 Å². The van der Waals surface area contributed by atoms with Gasteiger partial charge in [-0.2, -0.15) is 13.2 Å². The van der Waals surface area contributed by atoms with Crippen LogP contribution >= 0.6 is 23.2 Å². The molecule has 0 bridgehead atoms. The van der Waals surface area contributed by atoms with E-state index in [4.69, 9.17) is 38.8 Å². The molecule has 0 aliphatic heterocycles. The molecule has 4 N–H and O–H groups in total. The molecule has 0 saturated heterocycles. The van der Waals surface area contributed by atoms with Crippen LogP contribution in [0.2, 0.25) is 10.0 Å². The zero-order valence-corrected chi connectivity index (χ0v) is 18.5. The molecule has 0 aliphatic carbocycles. The molecule has 2 rings (SSSR count). The Morgan fingerprint density at radius 1 is 1.03 bits per heavy atom. The first-order chi connectivity index (χ1) is 14.3. The first kappa shape index (κ1) is 25.5. The van der Waals surface area contributed by atoms with Crippen LogP contribution < -0.4 is 5.73 Å². The minimum absolute atomic E-state index is 0.0261. The molecule has 0 aromatic heterocycles. The maximum atomic E-state index is 13.6. The summed E-state index contributed by atoms with van der Waals surface area (Å²) in [5.74, 6) is -4.12. The highest BCUT2D eigenvalue weighted by molar-refractivity contribution is 7.92. The molecule has 0 saturated carbocycles. The maximum absolute atomic E-state index is 13.6. The Morgan fingerprint density at radius 2 is 1.55 bits per heavy atom. The predicted molar refractivity (Wildman–Crippen MR) is 116 cm³/mol. The average Bonchev–Trinajstić information content (AvgIpc) is 2.64. The number of hydrogen-bond donors (Lipinski definition) is 3. The van der Waals surface area contributed by atoms with Crippen LogP contribution in [0, 0.1) is 4.78 Å². The van der Waals surface area contributed by atoms with Crippen LogP contribution in [-0.2, 0) is 14.5 Å². The maximum Gasteiger partial charge on any atom is 0.395 e. The number of benzene rings is 2. The molecule has 0 radical (unpaired) electrons. The lowest BCUT2D eigenvalue weighted by Gasteiger charge is -2.22. The van der Waals surface area contributed by atoms with Crippen molar-refractivity contribution in [1.82, 2.24) is 0 Å². The van der Waals surface area contributed by atoms with Gasteiger partial charge in [0.25, 0.3) is 0 Å². The molecule has 0 heterocycles. The van der Waals surface area contributed by atoms with Gasteiger partial charge in [0.15, 0.2) is 0 Å². The van der Waals surface area contributed by atoms with Gasteiger partial charge in [0.1, 0.15) is 6.04 Å². The minimum atomic E-state index is -4.60. The predicted octanol–water partition coefficient (Wildman–Crippen LogP) is 5.55. The van der Waals surface area contributed by atoms with Gasteiger partial charge in [0.05, 0.1) is 5.92 Å². The molecule has 2 aromatic carbocycles. The van der Waals surface area contributed by atoms with E-state index in [1.165, 1.54) is 24.3 Å². The monoisotopic (exact) mass is 496 g/mol. The van der Waals surface area contributed by atoms with Crippen LogP contribution in [0.5, 0.6) is 0 Å². The van der Waals surface area contributed by atoms with Crippen molar-refractivity contribution in [3.8, 4) is 11.1 Å². The molecule has 170 valence electrons. The van der Waals surface area contributed by atoms with E-state index in [0.29, 0.717) is 21.2 Å². The Hall–Kier alpha value is -1.81. The number of alkyl halides is 3. The molecule has 31 heavy (non-hydrogen) atoms. The summed E-state index contributed by atoms with van der Waals surface area (Å²) in [5, 5.41) is 9.54. The van der Waals surface area contributed by atoms with Gasteiger partial charge in [0.2, 0.25) is 0 Å². The first-order valence-corrected chi connectivity index (χ1v) is 11.8. The number of halogens is 5. The Labute approximate surface area is 188 Å². The highest BCUT2D eigenvalue weighted by Crippen LogP contribution is 2.38. The van der Waals surface area contributed by atoms with Crippen molar-refractivity contribution in [2.75, 3.05) is 11.5 Å². The highest BCUT2D eigenvalue weighted by atomic mass is 35.5. The smallest absolute Gasteiger partial charge is 0.395 e. The van der Waals surface area contributed by atoms with Crippen LogP contribution in [0.1, 0.15) is 24.3 Å². The van der Waals surface area contributed by atoms with E-state index in [9.17, 15) is 22.2 Å². The highest BCUT2D eigenvalue weighted by Gasteiger charge is 2.40. The van der Waals surface area contributed by atoms with Gasteiger partial charge in [-0.1, -0.05) is 47.5 Å². The average molecular weight is 497 g/mol. The largest absolute Gasteiger partial charge is 0.480 e. The lowest BCUT2D eigenvalue weighted by Crippen LogP contribution is -2.32. The van der Waals surface area contributed by atoms with Crippen LogP contribution in [0.25, 0.3) is 11.1 Å². The standard InChI is InChI=1S/C20H21Cl2F3N2O3S/c21-15-9-14(10-16(22)11-15)12-1-3-13(4-2-12)17(20(23,24)25)5-7-31(27,30)8-6-18(26)19(28)29/h1-4,9-11,17-18,27H,5-8,26H2,(H,28,29)/t17?,18-,31?/m0/s1. The third kappa shape index (κ3) is 7.68. The quantitative estimate of drug-likeness (QED) is 0.423. The van der Waals surface area contributed by atoms with Gasteiger partial charge in [0, 0.05) is 31.3 Å². The normalized spacial score (nSPS) is 15.8. The number of nitrogens with two attached hydrogens (primary N) is 1. The second-order valence-electron chi connectivity index (χ2n) is 7.12. The first-order valence-electron chi connectivity index (χ1n) is 9.14. The second kappa shape index (κ2) is 10.2. The molecule has 0 fully saturated rings. The molecule has 3 atom stereocenters. The number of carbonyl (C=O) groups is 1. The molecule has 0 spiro atoms. The van der Waals surface area contributed by atoms with Crippen molar-refractivity contribution in [3.63, 3.8) is 0 Å². The summed E-state index contributed by atoms with van der Waals surface area (Å²) >= 11 is 11.9. The Balaban J connectivity index is 2.16. The summed E-state index contributed by atoms with van der Waals surface area (Å²) in [6.45, 7) is 0. The number of carboxylic acids is 1. The van der Waals surface area contributed by atoms with Gasteiger partial charge < -0.3 is 10.8 Å². The minimum Gasteiger partial charge on any atom is -0.480 e. The van der Waals surface area contributed by atoms with Crippen LogP contribution in [0.4, 0.5) is 13.2 Å². The summed E-state index contributed by atoms with van der Waals surface area (Å²) in [4.78, 5) is 10.7. The van der Waals surface area contributed by atoms with Gasteiger partial charge in [-0.05, 0) is 47.7 Å². The van der Waals surface area contributed by atoms with Crippen molar-refractivity contribution in [2.24, 2.45) is 5.73 Å². The molecular weight excluding hydrogens is 476 g/mol. The molecule has 0 aliphatic rings. The van der Waals surface area contributed by atoms with E-state index in [1.54, 1.807) is 18.2 Å². The van der Waals surface area contributed by atoms with E-state index < -0.39 is 46.0 Å². The SMILES string of the molecule is N=S(=O)(CCC(c1ccc(-c2cc(Cl)cc(Cl)c2)cc1)C(F)(F)F)CC[C@H](N)C(=O)O. The third-order valence-electron chi connectivity index (χ3n) is 4.72. The van der Waals surface area contributed by atoms with E-state index in [2.05, 4.69) is 0 Å². The summed E-state index contributed by atoms with van der Waals surface area (Å²) < 4.78 is 61.0. The zero-order chi connectivity index (χ0) is 23.4. The van der Waals surface area contributed by atoms with Gasteiger partial charge in [-0.15, -0.1) is 0 Å². The Bertz CT molecular complexity index is 1010. The number of hydrogen-bond acceptors (Lipinski definition) is 4. The van der Waals surface area contributed by atoms with Crippen LogP contribution in [0.15, 0.2) is 42.5 Å². The fourth-order valence-corrected chi connectivity index (χ4v) is 4.98. The van der Waals surface area contributed by atoms with Crippen molar-refractivity contribution >= 4 is 38.9 Å². The topological polar surface area (TPSA) is 104 Å². The lowest BCUT2D eigenvalue weighted by atomic mass is 9.94. The molecule has 0 amide bonds. The van der Waals surface area contributed by atoms with E-state index in [-0.39, 0.29) is 17.7 Å². The van der Waals surface area contributed by atoms with Crippen LogP contribution in [0.3, 0.4) is 0 Å². The molecule has 11 heteroatoms. The molecule has 5 nitrogen and oxygen atoms in total. The van der Waals surface area contributed by atoms with Crippen molar-refractivity contribution in [3.05, 3.63) is 58.1 Å². The van der Waals surface area contributed by atoms with Crippen molar-refractivity contribution in [2.45, 2.75) is 31.0 Å². The van der Waals surface area contributed by atoms with Gasteiger partial charge in [-0.25, -0.2) is 4.21 Å². The summed E-state index contributed by atoms with van der Waals surface area (Å²) in [5.41, 5.74) is 6.57. The van der Waals surface area contributed by atoms with Gasteiger partial charge >= 0.3 is 12.1 Å². The lowest BCUT2D eigenvalue weighted by molar-refractivity contribution is -0.150. The summed E-state index contributed by atoms with van der Waals surface area (Å²) in [6.07, 6.45) is -5.41. The van der Waals surface area contributed by atoms with Crippen molar-refractivity contribution < 1.29 is 27.3 Å². The zero-order valence-electron chi connectivity index (χ0n) is 16.2. The van der Waals surface area contributed by atoms with Crippen molar-refractivity contribution in [1.29, 1.82) is 4.78 Å². The fourth-order valence-electron chi connectivity index (χ4n) is 3.00. The fraction of sp³-hybridized carbons (Fsp3) is 0.350. The number of aliphatic carboxylic acids is 1. The Morgan fingerprint density at radius 3 is 2.03 bits per heavy atom.